The van der Waals surface area contributed by atoms with Crippen LogP contribution in [0.2, 0.25) is 0 Å². The average Bonchev–Trinajstić information content (AvgIpc) is 1.93. The van der Waals surface area contributed by atoms with E-state index in [1.165, 1.54) is 6.20 Å². The van der Waals surface area contributed by atoms with Crippen molar-refractivity contribution in [3.8, 4) is 0 Å². The summed E-state index contributed by atoms with van der Waals surface area (Å²) >= 11 is 0. The van der Waals surface area contributed by atoms with Crippen molar-refractivity contribution in [3.63, 3.8) is 0 Å². The normalized spacial score (nSPS) is 10.4. The van der Waals surface area contributed by atoms with Crippen LogP contribution in [-0.2, 0) is 16.5 Å². The number of nitrogens with zero attached hydrogens (tertiary/aromatic N) is 1. The van der Waals surface area contributed by atoms with E-state index in [4.69, 9.17) is 0 Å². The van der Waals surface area contributed by atoms with Crippen molar-refractivity contribution in [2.45, 2.75) is 12.7 Å². The highest BCUT2D eigenvalue weighted by Gasteiger charge is 1.98. The largest absolute Gasteiger partial charge is 0.259 e. The molecule has 3 nitrogen and oxygen atoms in total. The van der Waals surface area contributed by atoms with Crippen LogP contribution in [0, 0.1) is 13.0 Å². The molecule has 0 bridgehead atoms. The Labute approximate surface area is 67.0 Å². The molecule has 0 unspecified atom stereocenters. The van der Waals surface area contributed by atoms with Gasteiger partial charge in [0, 0.05) is 12.3 Å². The van der Waals surface area contributed by atoms with Crippen LogP contribution in [0.1, 0.15) is 11.3 Å². The molecule has 1 aromatic heterocycles. The Morgan fingerprint density at radius 3 is 2.91 bits per heavy atom. The molecular formula is C7H8NO2S. The van der Waals surface area contributed by atoms with Gasteiger partial charge in [0.2, 0.25) is 0 Å². The molecule has 1 radical (unpaired) electrons. The molecule has 0 amide bonds. The first-order chi connectivity index (χ1) is 5.20. The molecule has 1 rings (SSSR count). The molecule has 0 aromatic carbocycles. The maximum Gasteiger partial charge on any atom is 0.145 e. The molecule has 0 aliphatic carbocycles. The fraction of sp³-hybridized carbons (Fsp3) is 0.286. The van der Waals surface area contributed by atoms with E-state index in [2.05, 4.69) is 11.1 Å². The summed E-state index contributed by atoms with van der Waals surface area (Å²) < 4.78 is 20.6. The molecular weight excluding hydrogens is 162 g/mol. The zero-order valence-corrected chi connectivity index (χ0v) is 6.97. The topological polar surface area (TPSA) is 47.0 Å². The van der Waals surface area contributed by atoms with Crippen molar-refractivity contribution in [1.82, 2.24) is 4.98 Å². The van der Waals surface area contributed by atoms with Gasteiger partial charge in [0.25, 0.3) is 0 Å². The highest BCUT2D eigenvalue weighted by molar-refractivity contribution is 7.71. The molecule has 0 aliphatic rings. The van der Waals surface area contributed by atoms with E-state index in [1.54, 1.807) is 6.07 Å². The van der Waals surface area contributed by atoms with Gasteiger partial charge in [0.1, 0.15) is 10.7 Å². The molecule has 0 atom stereocenters. The van der Waals surface area contributed by atoms with E-state index in [0.29, 0.717) is 5.69 Å². The smallest absolute Gasteiger partial charge is 0.145 e. The van der Waals surface area contributed by atoms with Crippen molar-refractivity contribution < 1.29 is 8.42 Å². The van der Waals surface area contributed by atoms with E-state index in [1.807, 2.05) is 6.92 Å². The Kier molecular flexibility index (Phi) is 2.59. The standard InChI is InChI=1S/C7H8NO2S/c1-6-3-2-4-8-7(6)5-11(9)10/h3-4,11H,5H2,1H3. The second-order valence-electron chi connectivity index (χ2n) is 2.19. The Morgan fingerprint density at radius 2 is 2.36 bits per heavy atom. The van der Waals surface area contributed by atoms with Crippen LogP contribution >= 0.6 is 0 Å². The third-order valence-electron chi connectivity index (χ3n) is 1.33. The predicted octanol–water partition coefficient (Wildman–Crippen LogP) is 0.302. The van der Waals surface area contributed by atoms with Gasteiger partial charge in [-0.15, -0.1) is 0 Å². The van der Waals surface area contributed by atoms with E-state index in [9.17, 15) is 8.42 Å². The van der Waals surface area contributed by atoms with Crippen LogP contribution in [-0.4, -0.2) is 13.4 Å². The van der Waals surface area contributed by atoms with Crippen LogP contribution in [0.25, 0.3) is 0 Å². The Balaban J connectivity index is 2.94. The molecule has 11 heavy (non-hydrogen) atoms. The van der Waals surface area contributed by atoms with E-state index in [-0.39, 0.29) is 5.75 Å². The van der Waals surface area contributed by atoms with Crippen molar-refractivity contribution in [3.05, 3.63) is 29.6 Å². The van der Waals surface area contributed by atoms with Crippen LogP contribution in [0.4, 0.5) is 0 Å². The van der Waals surface area contributed by atoms with Crippen LogP contribution in [0.3, 0.4) is 0 Å². The van der Waals surface area contributed by atoms with Gasteiger partial charge in [0.15, 0.2) is 0 Å². The third kappa shape index (κ3) is 2.31. The lowest BCUT2D eigenvalue weighted by Gasteiger charge is -1.96. The minimum absolute atomic E-state index is 0.0237. The van der Waals surface area contributed by atoms with Crippen LogP contribution in [0.15, 0.2) is 12.3 Å². The fourth-order valence-electron chi connectivity index (χ4n) is 0.750. The summed E-state index contributed by atoms with van der Waals surface area (Å²) in [7, 11) is -2.37. The summed E-state index contributed by atoms with van der Waals surface area (Å²) in [4.78, 5) is 3.88. The van der Waals surface area contributed by atoms with Gasteiger partial charge >= 0.3 is 0 Å². The quantitative estimate of drug-likeness (QED) is 0.649. The average molecular weight is 170 g/mol. The Hall–Kier alpha value is -0.900. The number of thiol groups is 1. The lowest BCUT2D eigenvalue weighted by molar-refractivity contribution is 0.613. The zero-order chi connectivity index (χ0) is 8.27. The summed E-state index contributed by atoms with van der Waals surface area (Å²) in [6, 6.07) is 4.49. The van der Waals surface area contributed by atoms with Crippen molar-refractivity contribution >= 4 is 10.7 Å². The number of hydrogen-bond acceptors (Lipinski definition) is 3. The SMILES string of the molecule is Cc1c[c]cnc1C[SH](=O)=O. The van der Waals surface area contributed by atoms with Crippen molar-refractivity contribution in [2.75, 3.05) is 0 Å². The monoisotopic (exact) mass is 170 g/mol. The molecule has 0 N–H and O–H groups in total. The number of hydrogen-bond donors (Lipinski definition) is 1. The Bertz CT molecular complexity index is 312. The maximum absolute atomic E-state index is 10.3. The number of rotatable bonds is 2. The van der Waals surface area contributed by atoms with Gasteiger partial charge in [-0.1, -0.05) is 0 Å². The van der Waals surface area contributed by atoms with Gasteiger partial charge in [-0.05, 0) is 18.6 Å². The minimum atomic E-state index is -2.37. The highest BCUT2D eigenvalue weighted by atomic mass is 32.2. The number of aryl methyl sites for hydroxylation is 1. The second-order valence-corrected chi connectivity index (χ2v) is 3.17. The van der Waals surface area contributed by atoms with Crippen molar-refractivity contribution in [1.29, 1.82) is 0 Å². The molecule has 0 saturated heterocycles. The minimum Gasteiger partial charge on any atom is -0.259 e. The third-order valence-corrected chi connectivity index (χ3v) is 1.89. The number of aromatic nitrogens is 1. The maximum atomic E-state index is 10.3. The van der Waals surface area contributed by atoms with Gasteiger partial charge in [-0.25, -0.2) is 8.42 Å². The molecule has 1 heterocycles. The number of pyridine rings is 1. The zero-order valence-electron chi connectivity index (χ0n) is 6.07. The van der Waals surface area contributed by atoms with Crippen molar-refractivity contribution in [2.24, 2.45) is 0 Å². The molecule has 0 aliphatic heterocycles. The summed E-state index contributed by atoms with van der Waals surface area (Å²) in [5.74, 6) is 0.0237. The first-order valence-electron chi connectivity index (χ1n) is 3.13. The highest BCUT2D eigenvalue weighted by Crippen LogP contribution is 2.02. The van der Waals surface area contributed by atoms with Crippen LogP contribution in [0.5, 0.6) is 0 Å². The molecule has 4 heteroatoms. The van der Waals surface area contributed by atoms with E-state index < -0.39 is 10.7 Å². The molecule has 0 fully saturated rings. The van der Waals surface area contributed by atoms with Gasteiger partial charge < -0.3 is 0 Å². The molecule has 0 saturated carbocycles. The summed E-state index contributed by atoms with van der Waals surface area (Å²) in [6.45, 7) is 1.82. The fourth-order valence-corrected chi connectivity index (χ4v) is 1.33. The molecule has 1 aromatic rings. The van der Waals surface area contributed by atoms with E-state index in [0.717, 1.165) is 5.56 Å². The van der Waals surface area contributed by atoms with Gasteiger partial charge in [-0.2, -0.15) is 0 Å². The first-order valence-corrected chi connectivity index (χ1v) is 4.50. The van der Waals surface area contributed by atoms with E-state index >= 15 is 0 Å². The van der Waals surface area contributed by atoms with Crippen LogP contribution < -0.4 is 0 Å². The summed E-state index contributed by atoms with van der Waals surface area (Å²) in [5, 5.41) is 0. The summed E-state index contributed by atoms with van der Waals surface area (Å²) in [6.07, 6.45) is 1.47. The summed E-state index contributed by atoms with van der Waals surface area (Å²) in [5.41, 5.74) is 1.48. The molecule has 59 valence electrons. The lowest BCUT2D eigenvalue weighted by atomic mass is 10.2. The lowest BCUT2D eigenvalue weighted by Crippen LogP contribution is -1.94. The Morgan fingerprint density at radius 1 is 1.64 bits per heavy atom. The van der Waals surface area contributed by atoms with Gasteiger partial charge in [-0.3, -0.25) is 4.98 Å². The second kappa shape index (κ2) is 3.48. The first kappa shape index (κ1) is 8.20. The predicted molar refractivity (Wildman–Crippen MR) is 41.8 cm³/mol. The van der Waals surface area contributed by atoms with Gasteiger partial charge in [0.05, 0.1) is 11.4 Å². The molecule has 0 spiro atoms.